The lowest BCUT2D eigenvalue weighted by molar-refractivity contribution is -0.116. The van der Waals surface area contributed by atoms with Crippen molar-refractivity contribution >= 4 is 29.0 Å². The van der Waals surface area contributed by atoms with E-state index in [1.165, 1.54) is 13.1 Å². The maximum Gasteiger partial charge on any atom is 0.227 e. The van der Waals surface area contributed by atoms with Gasteiger partial charge in [-0.2, -0.15) is 10.2 Å². The topological polar surface area (TPSA) is 131 Å². The smallest absolute Gasteiger partial charge is 0.227 e. The fourth-order valence-corrected chi connectivity index (χ4v) is 4.86. The highest BCUT2D eigenvalue weighted by Crippen LogP contribution is 2.38. The van der Waals surface area contributed by atoms with Crippen molar-refractivity contribution in [2.24, 2.45) is 17.6 Å². The number of nitrogens with one attached hydrogen (secondary N) is 1. The Morgan fingerprint density at radius 3 is 2.71 bits per heavy atom. The Balaban J connectivity index is 1.93. The van der Waals surface area contributed by atoms with Gasteiger partial charge in [0.2, 0.25) is 11.9 Å². The molecule has 1 aliphatic heterocycles. The Morgan fingerprint density at radius 2 is 2.13 bits per heavy atom. The van der Waals surface area contributed by atoms with E-state index in [0.717, 1.165) is 5.56 Å². The average Bonchev–Trinajstić information content (AvgIpc) is 2.81. The van der Waals surface area contributed by atoms with E-state index in [1.54, 1.807) is 25.7 Å². The second kappa shape index (κ2) is 11.2. The first kappa shape index (κ1) is 29.3. The van der Waals surface area contributed by atoms with Crippen molar-refractivity contribution in [3.8, 4) is 6.07 Å². The van der Waals surface area contributed by atoms with Crippen LogP contribution in [0.3, 0.4) is 0 Å². The second-order valence-corrected chi connectivity index (χ2v) is 11.3. The number of aryl methyl sites for hydroxylation is 1. The molecule has 0 saturated carbocycles. The molecular formula is C28H40FN7O2. The number of nitrogens with zero attached hydrogens (tertiary/aromatic N) is 5. The Kier molecular flexibility index (Phi) is 8.64. The van der Waals surface area contributed by atoms with Crippen molar-refractivity contribution in [3.63, 3.8) is 0 Å². The number of benzene rings is 1. The number of aliphatic hydroxyl groups is 1. The Bertz CT molecular complexity index is 1200. The minimum absolute atomic E-state index is 0.140. The molecule has 1 aliphatic rings. The van der Waals surface area contributed by atoms with Crippen LogP contribution in [0.5, 0.6) is 0 Å². The third-order valence-electron chi connectivity index (χ3n) is 7.50. The lowest BCUT2D eigenvalue weighted by Crippen LogP contribution is -2.58. The number of carbonyl (C=O) groups is 1. The minimum Gasteiger partial charge on any atom is -0.390 e. The first-order chi connectivity index (χ1) is 17.6. The maximum atomic E-state index is 15.4. The number of piperidine rings is 1. The van der Waals surface area contributed by atoms with Crippen LogP contribution in [0, 0.1) is 30.1 Å². The normalized spacial score (nSPS) is 22.5. The molecule has 1 fully saturated rings. The van der Waals surface area contributed by atoms with Gasteiger partial charge in [-0.1, -0.05) is 13.0 Å². The SMILES string of the molecule is CC(=O)N(CCC(C)(C)O)c1cc(Nc2nc(N3CC(C)C(C)(F)C(C(C)N)C3)ncc2C#N)ccc1C. The molecule has 9 nitrogen and oxygen atoms in total. The van der Waals surface area contributed by atoms with Gasteiger partial charge in [0.25, 0.3) is 0 Å². The zero-order chi connectivity index (χ0) is 28.4. The summed E-state index contributed by atoms with van der Waals surface area (Å²) < 4.78 is 15.4. The Labute approximate surface area is 224 Å². The number of aromatic nitrogens is 2. The van der Waals surface area contributed by atoms with E-state index in [-0.39, 0.29) is 23.4 Å². The van der Waals surface area contributed by atoms with Crippen LogP contribution in [-0.4, -0.2) is 57.9 Å². The van der Waals surface area contributed by atoms with Crippen LogP contribution in [0.15, 0.2) is 24.4 Å². The molecule has 1 amide bonds. The molecule has 1 aromatic heterocycles. The van der Waals surface area contributed by atoms with Crippen molar-refractivity contribution in [3.05, 3.63) is 35.5 Å². The van der Waals surface area contributed by atoms with Crippen LogP contribution in [-0.2, 0) is 4.79 Å². The molecule has 4 atom stereocenters. The molecule has 1 aromatic carbocycles. The summed E-state index contributed by atoms with van der Waals surface area (Å²) in [7, 11) is 0. The zero-order valence-corrected chi connectivity index (χ0v) is 23.4. The number of hydrogen-bond acceptors (Lipinski definition) is 8. The molecular weight excluding hydrogens is 485 g/mol. The van der Waals surface area contributed by atoms with E-state index >= 15 is 4.39 Å². The molecule has 38 heavy (non-hydrogen) atoms. The van der Waals surface area contributed by atoms with Crippen molar-refractivity contribution in [1.82, 2.24) is 9.97 Å². The number of hydrogen-bond donors (Lipinski definition) is 3. The predicted octanol–water partition coefficient (Wildman–Crippen LogP) is 4.06. The fourth-order valence-electron chi connectivity index (χ4n) is 4.86. The zero-order valence-electron chi connectivity index (χ0n) is 23.4. The lowest BCUT2D eigenvalue weighted by atomic mass is 9.74. The molecule has 0 aliphatic carbocycles. The first-order valence-electron chi connectivity index (χ1n) is 13.0. The monoisotopic (exact) mass is 525 g/mol. The molecule has 10 heteroatoms. The number of alkyl halides is 1. The molecule has 0 radical (unpaired) electrons. The predicted molar refractivity (Wildman–Crippen MR) is 148 cm³/mol. The molecule has 1 saturated heterocycles. The van der Waals surface area contributed by atoms with E-state index in [1.807, 2.05) is 43.9 Å². The highest BCUT2D eigenvalue weighted by molar-refractivity contribution is 5.93. The third-order valence-corrected chi connectivity index (χ3v) is 7.50. The summed E-state index contributed by atoms with van der Waals surface area (Å²) in [6.45, 7) is 13.2. The molecule has 4 N–H and O–H groups in total. The maximum absolute atomic E-state index is 15.4. The van der Waals surface area contributed by atoms with Gasteiger partial charge in [0.1, 0.15) is 17.3 Å². The standard InChI is InChI=1S/C28H40FN7O2/c1-17-8-9-22(12-24(17)36(20(4)37)11-10-27(5,6)38)33-25-21(13-30)14-32-26(34-25)35-15-18(2)28(7,29)23(16-35)19(3)31/h8-9,12,14,18-19,23,38H,10-11,15-16,31H2,1-7H3,(H,32,33,34). The van der Waals surface area contributed by atoms with Crippen LogP contribution >= 0.6 is 0 Å². The molecule has 206 valence electrons. The van der Waals surface area contributed by atoms with E-state index in [4.69, 9.17) is 5.73 Å². The number of anilines is 4. The van der Waals surface area contributed by atoms with Gasteiger partial charge in [-0.15, -0.1) is 0 Å². The molecule has 4 unspecified atom stereocenters. The molecule has 2 heterocycles. The van der Waals surface area contributed by atoms with E-state index < -0.39 is 17.2 Å². The van der Waals surface area contributed by atoms with Crippen LogP contribution in [0.2, 0.25) is 0 Å². The molecule has 0 spiro atoms. The van der Waals surface area contributed by atoms with Gasteiger partial charge in [-0.05, 0) is 58.7 Å². The largest absolute Gasteiger partial charge is 0.390 e. The molecule has 0 bridgehead atoms. The highest BCUT2D eigenvalue weighted by Gasteiger charge is 2.47. The summed E-state index contributed by atoms with van der Waals surface area (Å²) in [5.41, 5.74) is 6.29. The van der Waals surface area contributed by atoms with Crippen molar-refractivity contribution in [1.29, 1.82) is 5.26 Å². The number of nitrogens with two attached hydrogens (primary N) is 1. The van der Waals surface area contributed by atoms with Crippen LogP contribution in [0.25, 0.3) is 0 Å². The summed E-state index contributed by atoms with van der Waals surface area (Å²) in [5.74, 6) is -0.120. The summed E-state index contributed by atoms with van der Waals surface area (Å²) in [6.07, 6.45) is 1.87. The third kappa shape index (κ3) is 6.58. The molecule has 2 aromatic rings. The van der Waals surface area contributed by atoms with Gasteiger partial charge >= 0.3 is 0 Å². The van der Waals surface area contributed by atoms with Gasteiger partial charge in [0, 0.05) is 55.8 Å². The van der Waals surface area contributed by atoms with Gasteiger partial charge in [0.05, 0.1) is 11.8 Å². The number of amides is 1. The van der Waals surface area contributed by atoms with E-state index in [0.29, 0.717) is 49.2 Å². The molecule has 3 rings (SSSR count). The number of nitriles is 1. The van der Waals surface area contributed by atoms with Gasteiger partial charge in [-0.25, -0.2) is 9.37 Å². The number of rotatable bonds is 8. The first-order valence-corrected chi connectivity index (χ1v) is 13.0. The van der Waals surface area contributed by atoms with Gasteiger partial charge in [-0.3, -0.25) is 4.79 Å². The summed E-state index contributed by atoms with van der Waals surface area (Å²) >= 11 is 0. The van der Waals surface area contributed by atoms with E-state index in [2.05, 4.69) is 21.4 Å². The summed E-state index contributed by atoms with van der Waals surface area (Å²) in [6, 6.07) is 7.33. The van der Waals surface area contributed by atoms with Crippen molar-refractivity contribution < 1.29 is 14.3 Å². The Hall–Kier alpha value is -3.29. The van der Waals surface area contributed by atoms with Crippen molar-refractivity contribution in [2.75, 3.05) is 34.8 Å². The van der Waals surface area contributed by atoms with Crippen LogP contribution in [0.4, 0.5) is 27.5 Å². The summed E-state index contributed by atoms with van der Waals surface area (Å²) in [4.78, 5) is 25.1. The number of carbonyl (C=O) groups excluding carboxylic acids is 1. The number of halogens is 1. The van der Waals surface area contributed by atoms with Gasteiger partial charge in [0.15, 0.2) is 5.82 Å². The highest BCUT2D eigenvalue weighted by atomic mass is 19.1. The van der Waals surface area contributed by atoms with Crippen molar-refractivity contribution in [2.45, 2.75) is 72.2 Å². The minimum atomic E-state index is -1.41. The Morgan fingerprint density at radius 1 is 1.45 bits per heavy atom. The second-order valence-electron chi connectivity index (χ2n) is 11.3. The quantitative estimate of drug-likeness (QED) is 0.470. The summed E-state index contributed by atoms with van der Waals surface area (Å²) in [5, 5.41) is 23.1. The average molecular weight is 526 g/mol. The van der Waals surface area contributed by atoms with Crippen LogP contribution in [0.1, 0.15) is 59.1 Å². The fraction of sp³-hybridized carbons (Fsp3) is 0.571. The van der Waals surface area contributed by atoms with Crippen LogP contribution < -0.4 is 20.9 Å². The van der Waals surface area contributed by atoms with E-state index in [9.17, 15) is 15.2 Å². The van der Waals surface area contributed by atoms with Gasteiger partial charge < -0.3 is 26.0 Å². The lowest BCUT2D eigenvalue weighted by Gasteiger charge is -2.46.